The molecular weight excluding hydrogens is 216 g/mol. The molecule has 0 aliphatic heterocycles. The van der Waals surface area contributed by atoms with Crippen LogP contribution in [0.1, 0.15) is 19.5 Å². The zero-order valence-corrected chi connectivity index (χ0v) is 10.5. The molecule has 2 rings (SSSR count). The maximum absolute atomic E-state index is 5.44. The van der Waals surface area contributed by atoms with Gasteiger partial charge in [-0.15, -0.1) is 5.10 Å². The van der Waals surface area contributed by atoms with Crippen LogP contribution in [0, 0.1) is 6.92 Å². The first kappa shape index (κ1) is 11.9. The summed E-state index contributed by atoms with van der Waals surface area (Å²) in [5.74, 6) is 0.644. The summed E-state index contributed by atoms with van der Waals surface area (Å²) >= 11 is 0. The highest BCUT2D eigenvalue weighted by atomic mass is 16.5. The molecule has 0 aliphatic rings. The molecule has 2 aromatic rings. The number of nitrogens with one attached hydrogen (secondary N) is 1. The first-order valence-corrected chi connectivity index (χ1v) is 5.88. The van der Waals surface area contributed by atoms with Crippen molar-refractivity contribution in [3.8, 4) is 0 Å². The Hall–Kier alpha value is -1.62. The highest BCUT2D eigenvalue weighted by Crippen LogP contribution is 2.08. The zero-order valence-electron chi connectivity index (χ0n) is 10.5. The number of anilines is 1. The van der Waals surface area contributed by atoms with Crippen LogP contribution in [0.2, 0.25) is 0 Å². The molecule has 0 radical (unpaired) electrons. The summed E-state index contributed by atoms with van der Waals surface area (Å²) in [6.07, 6.45) is 0.160. The molecule has 2 heterocycles. The summed E-state index contributed by atoms with van der Waals surface area (Å²) in [6, 6.07) is 5.93. The van der Waals surface area contributed by atoms with Crippen LogP contribution < -0.4 is 5.32 Å². The fourth-order valence-corrected chi connectivity index (χ4v) is 1.69. The fraction of sp³-hybridized carbons (Fsp3) is 0.500. The third-order valence-corrected chi connectivity index (χ3v) is 2.55. The van der Waals surface area contributed by atoms with E-state index in [4.69, 9.17) is 4.74 Å². The highest BCUT2D eigenvalue weighted by molar-refractivity contribution is 5.44. The van der Waals surface area contributed by atoms with Gasteiger partial charge in [-0.25, -0.2) is 4.52 Å². The highest BCUT2D eigenvalue weighted by Gasteiger charge is 2.06. The molecule has 92 valence electrons. The predicted molar refractivity (Wildman–Crippen MR) is 67.3 cm³/mol. The second kappa shape index (κ2) is 5.14. The van der Waals surface area contributed by atoms with Crippen molar-refractivity contribution >= 4 is 11.6 Å². The summed E-state index contributed by atoms with van der Waals surface area (Å²) in [4.78, 5) is 4.39. The number of nitrogens with zero attached hydrogens (tertiary/aromatic N) is 3. The van der Waals surface area contributed by atoms with Gasteiger partial charge >= 0.3 is 0 Å². The van der Waals surface area contributed by atoms with E-state index in [1.807, 2.05) is 43.5 Å². The average Bonchev–Trinajstić information content (AvgIpc) is 2.71. The van der Waals surface area contributed by atoms with Gasteiger partial charge in [0, 0.05) is 18.8 Å². The first-order chi connectivity index (χ1) is 8.20. The molecule has 0 aliphatic carbocycles. The van der Waals surface area contributed by atoms with E-state index in [0.29, 0.717) is 12.5 Å². The van der Waals surface area contributed by atoms with Crippen molar-refractivity contribution in [3.05, 3.63) is 23.9 Å². The molecule has 5 nitrogen and oxygen atoms in total. The van der Waals surface area contributed by atoms with E-state index in [1.54, 1.807) is 0 Å². The Labute approximate surface area is 101 Å². The molecule has 0 spiro atoms. The lowest BCUT2D eigenvalue weighted by Gasteiger charge is -2.10. The lowest BCUT2D eigenvalue weighted by atomic mass is 10.4. The number of pyridine rings is 1. The van der Waals surface area contributed by atoms with Crippen LogP contribution in [0.5, 0.6) is 0 Å². The van der Waals surface area contributed by atoms with E-state index < -0.39 is 0 Å². The number of hydrogen-bond donors (Lipinski definition) is 1. The van der Waals surface area contributed by atoms with Gasteiger partial charge in [0.05, 0.1) is 6.10 Å². The van der Waals surface area contributed by atoms with Crippen molar-refractivity contribution in [1.29, 1.82) is 0 Å². The van der Waals surface area contributed by atoms with Gasteiger partial charge in [0.2, 0.25) is 5.95 Å². The van der Waals surface area contributed by atoms with E-state index in [1.165, 1.54) is 0 Å². The number of ether oxygens (including phenoxy) is 1. The van der Waals surface area contributed by atoms with Crippen LogP contribution in [-0.2, 0) is 4.74 Å². The minimum Gasteiger partial charge on any atom is -0.377 e. The molecule has 0 bridgehead atoms. The number of aryl methyl sites for hydroxylation is 1. The first-order valence-electron chi connectivity index (χ1n) is 5.88. The molecule has 0 saturated heterocycles. The van der Waals surface area contributed by atoms with E-state index in [2.05, 4.69) is 15.4 Å². The van der Waals surface area contributed by atoms with Gasteiger partial charge in [0.15, 0.2) is 5.65 Å². The third kappa shape index (κ3) is 2.74. The van der Waals surface area contributed by atoms with Gasteiger partial charge in [-0.3, -0.25) is 0 Å². The van der Waals surface area contributed by atoms with E-state index in [0.717, 1.165) is 17.9 Å². The molecule has 1 atom stereocenters. The predicted octanol–water partition coefficient (Wildman–Crippen LogP) is 1.87. The van der Waals surface area contributed by atoms with Gasteiger partial charge < -0.3 is 10.1 Å². The van der Waals surface area contributed by atoms with E-state index in [-0.39, 0.29) is 6.10 Å². The molecule has 17 heavy (non-hydrogen) atoms. The maximum atomic E-state index is 5.44. The maximum Gasteiger partial charge on any atom is 0.243 e. The quantitative estimate of drug-likeness (QED) is 0.858. The summed E-state index contributed by atoms with van der Waals surface area (Å²) in [5, 5.41) is 7.56. The second-order valence-corrected chi connectivity index (χ2v) is 4.02. The molecule has 0 saturated carbocycles. The summed E-state index contributed by atoms with van der Waals surface area (Å²) in [6.45, 7) is 7.46. The Kier molecular flexibility index (Phi) is 3.58. The van der Waals surface area contributed by atoms with Crippen LogP contribution in [0.3, 0.4) is 0 Å². The van der Waals surface area contributed by atoms with E-state index in [9.17, 15) is 0 Å². The average molecular weight is 234 g/mol. The van der Waals surface area contributed by atoms with Gasteiger partial charge in [-0.1, -0.05) is 6.07 Å². The monoisotopic (exact) mass is 234 g/mol. The van der Waals surface area contributed by atoms with Crippen molar-refractivity contribution in [2.45, 2.75) is 26.9 Å². The van der Waals surface area contributed by atoms with Crippen molar-refractivity contribution < 1.29 is 4.74 Å². The number of rotatable bonds is 5. The van der Waals surface area contributed by atoms with Crippen LogP contribution >= 0.6 is 0 Å². The number of fused-ring (bicyclic) bond motifs is 1. The van der Waals surface area contributed by atoms with Crippen molar-refractivity contribution in [3.63, 3.8) is 0 Å². The molecule has 0 aromatic carbocycles. The topological polar surface area (TPSA) is 51.5 Å². The number of hydrogen-bond acceptors (Lipinski definition) is 4. The summed E-state index contributed by atoms with van der Waals surface area (Å²) in [5.41, 5.74) is 1.93. The van der Waals surface area contributed by atoms with Crippen LogP contribution in [-0.4, -0.2) is 33.9 Å². The third-order valence-electron chi connectivity index (χ3n) is 2.55. The summed E-state index contributed by atoms with van der Waals surface area (Å²) in [7, 11) is 0. The molecule has 5 heteroatoms. The van der Waals surface area contributed by atoms with Gasteiger partial charge in [0.25, 0.3) is 0 Å². The molecule has 2 aromatic heterocycles. The lowest BCUT2D eigenvalue weighted by Crippen LogP contribution is -2.20. The molecule has 1 unspecified atom stereocenters. The normalized spacial score (nSPS) is 12.9. The smallest absolute Gasteiger partial charge is 0.243 e. The molecule has 1 N–H and O–H groups in total. The van der Waals surface area contributed by atoms with Gasteiger partial charge in [0.1, 0.15) is 0 Å². The zero-order chi connectivity index (χ0) is 12.3. The van der Waals surface area contributed by atoms with Crippen molar-refractivity contribution in [2.75, 3.05) is 18.5 Å². The standard InChI is InChI=1S/C12H18N4O/c1-4-17-10(3)8-13-12-14-11-7-5-6-9(2)16(11)15-12/h5-7,10H,4,8H2,1-3H3,(H,13,15). The summed E-state index contributed by atoms with van der Waals surface area (Å²) < 4.78 is 7.26. The number of aromatic nitrogens is 3. The fourth-order valence-electron chi connectivity index (χ4n) is 1.69. The molecule has 0 amide bonds. The van der Waals surface area contributed by atoms with Crippen LogP contribution in [0.4, 0.5) is 5.95 Å². The van der Waals surface area contributed by atoms with E-state index >= 15 is 0 Å². The Balaban J connectivity index is 2.07. The Morgan fingerprint density at radius 2 is 2.29 bits per heavy atom. The minimum absolute atomic E-state index is 0.160. The van der Waals surface area contributed by atoms with Crippen molar-refractivity contribution in [2.24, 2.45) is 0 Å². The van der Waals surface area contributed by atoms with Crippen molar-refractivity contribution in [1.82, 2.24) is 14.6 Å². The Morgan fingerprint density at radius 1 is 1.47 bits per heavy atom. The van der Waals surface area contributed by atoms with Crippen LogP contribution in [0.25, 0.3) is 5.65 Å². The lowest BCUT2D eigenvalue weighted by molar-refractivity contribution is 0.0854. The largest absolute Gasteiger partial charge is 0.377 e. The molecule has 0 fully saturated rings. The Bertz CT molecular complexity index is 494. The molecular formula is C12H18N4O. The SMILES string of the molecule is CCOC(C)CNc1nc2cccc(C)n2n1. The Morgan fingerprint density at radius 3 is 3.00 bits per heavy atom. The van der Waals surface area contributed by atoms with Crippen LogP contribution in [0.15, 0.2) is 18.2 Å². The van der Waals surface area contributed by atoms with Gasteiger partial charge in [-0.05, 0) is 32.9 Å². The minimum atomic E-state index is 0.160. The second-order valence-electron chi connectivity index (χ2n) is 4.02. The van der Waals surface area contributed by atoms with Gasteiger partial charge in [-0.2, -0.15) is 4.98 Å².